The number of fused-ring (bicyclic) bond motifs is 4. The lowest BCUT2D eigenvalue weighted by atomic mass is 9.42. The van der Waals surface area contributed by atoms with E-state index < -0.39 is 33.9 Å². The van der Waals surface area contributed by atoms with Crippen molar-refractivity contribution in [1.82, 2.24) is 0 Å². The first-order valence-electron chi connectivity index (χ1n) is 13.1. The smallest absolute Gasteiger partial charge is 0.305 e. The van der Waals surface area contributed by atoms with Crippen LogP contribution in [-0.4, -0.2) is 58.8 Å². The standard InChI is InChI=1S/C28H42O7/c1-15(7-8-22(34)35-6)16-11-21(33)28(5)24-17(30)12-19-25(2,10-9-20(32)26(19,3)14-29)23(24)18(31)13-27(16,28)4/h15-17,19-20,29-30,32H,7-14H2,1-6H3/t15-,16-,17+,19-,20+,25+,26-,27-,28+/m1/s1. The Balaban J connectivity index is 1.82. The molecule has 0 amide bonds. The van der Waals surface area contributed by atoms with Crippen molar-refractivity contribution in [2.24, 2.45) is 39.4 Å². The summed E-state index contributed by atoms with van der Waals surface area (Å²) in [5, 5.41) is 32.6. The lowest BCUT2D eigenvalue weighted by Gasteiger charge is -2.62. The van der Waals surface area contributed by atoms with Crippen LogP contribution >= 0.6 is 0 Å². The molecule has 0 aromatic carbocycles. The number of carbonyl (C=O) groups is 3. The third-order valence-corrected chi connectivity index (χ3v) is 11.2. The van der Waals surface area contributed by atoms with Gasteiger partial charge in [0.25, 0.3) is 0 Å². The first-order valence-corrected chi connectivity index (χ1v) is 13.1. The molecule has 3 N–H and O–H groups in total. The van der Waals surface area contributed by atoms with E-state index >= 15 is 0 Å². The third-order valence-electron chi connectivity index (χ3n) is 11.2. The summed E-state index contributed by atoms with van der Waals surface area (Å²) in [6, 6.07) is 0. The predicted molar refractivity (Wildman–Crippen MR) is 129 cm³/mol. The Hall–Kier alpha value is -1.57. The molecule has 0 bridgehead atoms. The van der Waals surface area contributed by atoms with Gasteiger partial charge in [-0.15, -0.1) is 0 Å². The summed E-state index contributed by atoms with van der Waals surface area (Å²) in [6.45, 7) is 9.61. The van der Waals surface area contributed by atoms with Crippen LogP contribution in [0.1, 0.15) is 79.6 Å². The van der Waals surface area contributed by atoms with Gasteiger partial charge >= 0.3 is 5.97 Å². The number of ether oxygens (including phenoxy) is 1. The molecule has 4 aliphatic carbocycles. The minimum atomic E-state index is -0.985. The quantitative estimate of drug-likeness (QED) is 0.507. The van der Waals surface area contributed by atoms with Crippen molar-refractivity contribution in [1.29, 1.82) is 0 Å². The lowest BCUT2D eigenvalue weighted by molar-refractivity contribution is -0.151. The second kappa shape index (κ2) is 8.49. The van der Waals surface area contributed by atoms with Crippen LogP contribution in [0.25, 0.3) is 0 Å². The predicted octanol–water partition coefficient (Wildman–Crippen LogP) is 2.99. The summed E-state index contributed by atoms with van der Waals surface area (Å²) >= 11 is 0. The number of aliphatic hydroxyl groups excluding tert-OH is 3. The van der Waals surface area contributed by atoms with Crippen LogP contribution in [0.15, 0.2) is 11.1 Å². The molecule has 0 aromatic heterocycles. The van der Waals surface area contributed by atoms with E-state index in [-0.39, 0.29) is 54.7 Å². The Morgan fingerprint density at radius 1 is 1.17 bits per heavy atom. The second-order valence-corrected chi connectivity index (χ2v) is 12.7. The number of Topliss-reactive ketones (excluding diaryl/α,β-unsaturated/α-hetero) is 2. The number of hydrogen-bond acceptors (Lipinski definition) is 7. The van der Waals surface area contributed by atoms with Gasteiger partial charge in [-0.2, -0.15) is 0 Å². The van der Waals surface area contributed by atoms with E-state index in [0.717, 1.165) is 0 Å². The first kappa shape index (κ1) is 26.5. The number of hydrogen-bond donors (Lipinski definition) is 3. The molecule has 9 atom stereocenters. The van der Waals surface area contributed by atoms with Gasteiger partial charge in [0.05, 0.1) is 31.3 Å². The molecular formula is C28H42O7. The van der Waals surface area contributed by atoms with E-state index in [2.05, 4.69) is 0 Å². The largest absolute Gasteiger partial charge is 0.469 e. The summed E-state index contributed by atoms with van der Waals surface area (Å²) < 4.78 is 4.80. The van der Waals surface area contributed by atoms with Crippen molar-refractivity contribution in [3.05, 3.63) is 11.1 Å². The zero-order valence-electron chi connectivity index (χ0n) is 22.0. The van der Waals surface area contributed by atoms with Gasteiger partial charge in [0.2, 0.25) is 0 Å². The van der Waals surface area contributed by atoms with Crippen molar-refractivity contribution in [3.8, 4) is 0 Å². The highest BCUT2D eigenvalue weighted by molar-refractivity contribution is 6.05. The number of carbonyl (C=O) groups excluding carboxylic acids is 3. The van der Waals surface area contributed by atoms with E-state index in [4.69, 9.17) is 4.74 Å². The Labute approximate surface area is 208 Å². The van der Waals surface area contributed by atoms with Gasteiger partial charge in [-0.3, -0.25) is 14.4 Å². The molecule has 0 heterocycles. The van der Waals surface area contributed by atoms with Gasteiger partial charge in [-0.1, -0.05) is 27.7 Å². The summed E-state index contributed by atoms with van der Waals surface area (Å²) in [7, 11) is 1.36. The summed E-state index contributed by atoms with van der Waals surface area (Å²) in [6.07, 6.45) is 1.01. The molecule has 0 spiro atoms. The topological polar surface area (TPSA) is 121 Å². The molecule has 0 aromatic rings. The van der Waals surface area contributed by atoms with Gasteiger partial charge in [0, 0.05) is 30.3 Å². The van der Waals surface area contributed by atoms with Gasteiger partial charge in [0.15, 0.2) is 5.78 Å². The fourth-order valence-corrected chi connectivity index (χ4v) is 8.80. The molecule has 0 unspecified atom stereocenters. The first-order chi connectivity index (χ1) is 16.2. The fraction of sp³-hybridized carbons (Fsp3) is 0.821. The highest BCUT2D eigenvalue weighted by Gasteiger charge is 2.70. The Kier molecular flexibility index (Phi) is 6.43. The Morgan fingerprint density at radius 3 is 2.43 bits per heavy atom. The van der Waals surface area contributed by atoms with Gasteiger partial charge < -0.3 is 20.1 Å². The van der Waals surface area contributed by atoms with Crippen molar-refractivity contribution in [2.75, 3.05) is 13.7 Å². The maximum absolute atomic E-state index is 14.0. The number of rotatable bonds is 5. The van der Waals surface area contributed by atoms with Crippen molar-refractivity contribution in [3.63, 3.8) is 0 Å². The normalized spacial score (nSPS) is 46.1. The summed E-state index contributed by atoms with van der Waals surface area (Å²) in [5.41, 5.74) is -1.93. The van der Waals surface area contributed by atoms with E-state index in [1.165, 1.54) is 7.11 Å². The highest BCUT2D eigenvalue weighted by atomic mass is 16.5. The van der Waals surface area contributed by atoms with Crippen LogP contribution in [0.2, 0.25) is 0 Å². The summed E-state index contributed by atoms with van der Waals surface area (Å²) in [4.78, 5) is 39.6. The number of esters is 1. The van der Waals surface area contributed by atoms with Crippen molar-refractivity contribution in [2.45, 2.75) is 91.8 Å². The van der Waals surface area contributed by atoms with E-state index in [0.29, 0.717) is 43.3 Å². The molecule has 35 heavy (non-hydrogen) atoms. The average molecular weight is 491 g/mol. The van der Waals surface area contributed by atoms with Crippen LogP contribution in [-0.2, 0) is 19.1 Å². The third kappa shape index (κ3) is 3.37. The number of ketones is 2. The highest BCUT2D eigenvalue weighted by Crippen LogP contribution is 2.70. The molecule has 196 valence electrons. The number of aliphatic hydroxyl groups is 3. The van der Waals surface area contributed by atoms with Crippen LogP contribution in [0.4, 0.5) is 0 Å². The van der Waals surface area contributed by atoms with Crippen LogP contribution in [0, 0.1) is 39.4 Å². The Morgan fingerprint density at radius 2 is 1.83 bits per heavy atom. The second-order valence-electron chi connectivity index (χ2n) is 12.7. The SMILES string of the molecule is COC(=O)CC[C@@H](C)[C@H]1CC(=O)[C@@]2(C)C3=C(C(=O)C[C@]12C)[C@@]1(C)CC[C@H](O)[C@](C)(CO)[C@@H]1C[C@@H]3O. The van der Waals surface area contributed by atoms with Gasteiger partial charge in [-0.05, 0) is 66.8 Å². The molecule has 2 fully saturated rings. The molecule has 4 aliphatic rings. The molecule has 0 aliphatic heterocycles. The summed E-state index contributed by atoms with van der Waals surface area (Å²) in [5.74, 6) is -0.588. The minimum Gasteiger partial charge on any atom is -0.469 e. The van der Waals surface area contributed by atoms with E-state index in [1.807, 2.05) is 34.6 Å². The zero-order valence-corrected chi connectivity index (χ0v) is 22.0. The van der Waals surface area contributed by atoms with Crippen LogP contribution in [0.3, 0.4) is 0 Å². The molecule has 7 heteroatoms. The molecule has 2 saturated carbocycles. The molecule has 4 rings (SSSR count). The average Bonchev–Trinajstić information content (AvgIpc) is 3.02. The minimum absolute atomic E-state index is 0.0252. The lowest BCUT2D eigenvalue weighted by Crippen LogP contribution is -2.62. The molecule has 0 radical (unpaired) electrons. The van der Waals surface area contributed by atoms with Gasteiger partial charge in [0.1, 0.15) is 5.78 Å². The maximum atomic E-state index is 14.0. The van der Waals surface area contributed by atoms with Crippen LogP contribution < -0.4 is 0 Å². The molecular weight excluding hydrogens is 448 g/mol. The van der Waals surface area contributed by atoms with E-state index in [1.54, 1.807) is 0 Å². The maximum Gasteiger partial charge on any atom is 0.305 e. The zero-order chi connectivity index (χ0) is 26.1. The van der Waals surface area contributed by atoms with Crippen molar-refractivity contribution < 1.29 is 34.4 Å². The Bertz CT molecular complexity index is 970. The fourth-order valence-electron chi connectivity index (χ4n) is 8.80. The number of methoxy groups -OCH3 is 1. The molecule has 0 saturated heterocycles. The van der Waals surface area contributed by atoms with Gasteiger partial charge in [-0.25, -0.2) is 0 Å². The van der Waals surface area contributed by atoms with E-state index in [9.17, 15) is 29.7 Å². The van der Waals surface area contributed by atoms with Crippen LogP contribution in [0.5, 0.6) is 0 Å². The number of allylic oxidation sites excluding steroid dienone is 1. The van der Waals surface area contributed by atoms with Crippen molar-refractivity contribution >= 4 is 17.5 Å². The monoisotopic (exact) mass is 490 g/mol. The molecule has 7 nitrogen and oxygen atoms in total.